The number of hydrogen-bond donors (Lipinski definition) is 0. The van der Waals surface area contributed by atoms with Crippen LogP contribution in [0.1, 0.15) is 60.3 Å². The second-order valence-corrected chi connectivity index (χ2v) is 15.2. The van der Waals surface area contributed by atoms with Crippen molar-refractivity contribution in [3.8, 4) is 0 Å². The van der Waals surface area contributed by atoms with E-state index in [-0.39, 0.29) is 30.4 Å². The number of carbonyl (C=O) groups excluding carboxylic acids is 3. The molecule has 12 nitrogen and oxygen atoms in total. The van der Waals surface area contributed by atoms with Crippen LogP contribution in [0.3, 0.4) is 0 Å². The molecule has 0 radical (unpaired) electrons. The van der Waals surface area contributed by atoms with E-state index in [4.69, 9.17) is 14.5 Å². The first-order chi connectivity index (χ1) is 30.1. The summed E-state index contributed by atoms with van der Waals surface area (Å²) >= 11 is 0. The van der Waals surface area contributed by atoms with E-state index in [0.717, 1.165) is 42.1 Å². The first-order valence-electron chi connectivity index (χ1n) is 21.4. The summed E-state index contributed by atoms with van der Waals surface area (Å²) in [7, 11) is 0. The predicted molar refractivity (Wildman–Crippen MR) is 252 cm³/mol. The van der Waals surface area contributed by atoms with Crippen LogP contribution in [0.4, 0.5) is 34.1 Å². The van der Waals surface area contributed by atoms with Crippen LogP contribution in [0.25, 0.3) is 0 Å². The third-order valence-corrected chi connectivity index (χ3v) is 10.8. The average Bonchev–Trinajstić information content (AvgIpc) is 3.56. The van der Waals surface area contributed by atoms with Crippen molar-refractivity contribution < 1.29 is 23.9 Å². The van der Waals surface area contributed by atoms with Gasteiger partial charge < -0.3 is 24.2 Å². The Morgan fingerprint density at radius 3 is 1.77 bits per heavy atom. The number of rotatable bonds is 20. The van der Waals surface area contributed by atoms with E-state index >= 15 is 0 Å². The molecule has 322 valence electrons. The quantitative estimate of drug-likeness (QED) is 0.0494. The lowest BCUT2D eigenvalue weighted by Gasteiger charge is -2.32. The molecule has 0 fully saturated rings. The van der Waals surface area contributed by atoms with Gasteiger partial charge in [0.05, 0.1) is 47.7 Å². The molecule has 1 atom stereocenters. The molecule has 0 bridgehead atoms. The van der Waals surface area contributed by atoms with Crippen molar-refractivity contribution in [2.45, 2.75) is 66.3 Å². The van der Waals surface area contributed by atoms with E-state index < -0.39 is 0 Å². The number of para-hydroxylation sites is 2. The summed E-state index contributed by atoms with van der Waals surface area (Å²) in [6.07, 6.45) is 4.51. The zero-order valence-electron chi connectivity index (χ0n) is 36.5. The van der Waals surface area contributed by atoms with Crippen LogP contribution in [0.15, 0.2) is 148 Å². The lowest BCUT2D eigenvalue weighted by molar-refractivity contribution is -0.143. The van der Waals surface area contributed by atoms with Gasteiger partial charge in [0.15, 0.2) is 5.71 Å². The number of hydrazone groups is 1. The molecule has 0 spiro atoms. The number of aliphatic imine (C=N–C) groups is 2. The van der Waals surface area contributed by atoms with Gasteiger partial charge in [0, 0.05) is 43.0 Å². The molecule has 62 heavy (non-hydrogen) atoms. The maximum atomic E-state index is 13.5. The van der Waals surface area contributed by atoms with Gasteiger partial charge in [-0.05, 0) is 126 Å². The fourth-order valence-corrected chi connectivity index (χ4v) is 7.41. The molecule has 0 aliphatic carbocycles. The lowest BCUT2D eigenvalue weighted by Crippen LogP contribution is -2.46. The third-order valence-electron chi connectivity index (χ3n) is 10.8. The molecule has 2 aliphatic heterocycles. The minimum absolute atomic E-state index is 0.0696. The normalized spacial score (nSPS) is 16.4. The van der Waals surface area contributed by atoms with E-state index in [1.165, 1.54) is 5.01 Å². The van der Waals surface area contributed by atoms with Gasteiger partial charge >= 0.3 is 5.97 Å². The number of nitrogens with zero attached hydrogens (tertiary/aromatic N) is 7. The Morgan fingerprint density at radius 1 is 0.694 bits per heavy atom. The van der Waals surface area contributed by atoms with Crippen molar-refractivity contribution in [2.24, 2.45) is 15.1 Å². The number of carbonyl (C=O) groups is 3. The predicted octanol–water partition coefficient (Wildman–Crippen LogP) is 9.62. The summed E-state index contributed by atoms with van der Waals surface area (Å²) in [6, 6.07) is 34.5. The van der Waals surface area contributed by atoms with E-state index in [1.54, 1.807) is 11.8 Å². The highest BCUT2D eigenvalue weighted by Gasteiger charge is 2.32. The van der Waals surface area contributed by atoms with Gasteiger partial charge in [0.1, 0.15) is 18.9 Å². The minimum atomic E-state index is -0.248. The average molecular weight is 836 g/mol. The molecule has 1 unspecified atom stereocenters. The maximum absolute atomic E-state index is 13.5. The van der Waals surface area contributed by atoms with Crippen molar-refractivity contribution in [3.63, 3.8) is 0 Å². The van der Waals surface area contributed by atoms with Crippen molar-refractivity contribution in [2.75, 3.05) is 59.1 Å². The van der Waals surface area contributed by atoms with Gasteiger partial charge in [-0.25, -0.2) is 9.98 Å². The maximum Gasteiger partial charge on any atom is 0.305 e. The van der Waals surface area contributed by atoms with Crippen LogP contribution in [-0.2, 0) is 23.9 Å². The topological polar surface area (TPSA) is 120 Å². The van der Waals surface area contributed by atoms with Crippen LogP contribution in [0.5, 0.6) is 0 Å². The van der Waals surface area contributed by atoms with Crippen molar-refractivity contribution in [3.05, 3.63) is 133 Å². The monoisotopic (exact) mass is 835 g/mol. The van der Waals surface area contributed by atoms with Gasteiger partial charge in [-0.3, -0.25) is 14.4 Å². The molecular weight excluding hydrogens is 779 g/mol. The van der Waals surface area contributed by atoms with E-state index in [1.807, 2.05) is 123 Å². The van der Waals surface area contributed by atoms with Crippen LogP contribution in [0, 0.1) is 0 Å². The minimum Gasteiger partial charge on any atom is -0.497 e. The number of ether oxygens (including phenoxy) is 2. The number of esters is 1. The van der Waals surface area contributed by atoms with Gasteiger partial charge in [0.25, 0.3) is 11.8 Å². The van der Waals surface area contributed by atoms with Crippen LogP contribution in [-0.4, -0.2) is 80.4 Å². The van der Waals surface area contributed by atoms with E-state index in [0.29, 0.717) is 78.9 Å². The van der Waals surface area contributed by atoms with Crippen LogP contribution in [0.2, 0.25) is 0 Å². The Kier molecular flexibility index (Phi) is 15.6. The summed E-state index contributed by atoms with van der Waals surface area (Å²) in [5.74, 6) is 0.108. The summed E-state index contributed by atoms with van der Waals surface area (Å²) in [5.41, 5.74) is 7.13. The van der Waals surface area contributed by atoms with Crippen molar-refractivity contribution in [1.82, 2.24) is 0 Å². The number of benzene rings is 4. The van der Waals surface area contributed by atoms with Crippen molar-refractivity contribution in [1.29, 1.82) is 0 Å². The highest BCUT2D eigenvalue weighted by Crippen LogP contribution is 2.28. The molecule has 6 rings (SSSR count). The summed E-state index contributed by atoms with van der Waals surface area (Å²) in [5, 5.41) is 5.80. The number of amides is 2. The number of unbranched alkanes of at least 4 members (excludes halogenated alkanes) is 1. The van der Waals surface area contributed by atoms with E-state index in [2.05, 4.69) is 46.4 Å². The Morgan fingerprint density at radius 2 is 1.21 bits per heavy atom. The van der Waals surface area contributed by atoms with Gasteiger partial charge in [-0.1, -0.05) is 49.1 Å². The fraction of sp³-hybridized carbons (Fsp3) is 0.320. The molecule has 2 heterocycles. The highest BCUT2D eigenvalue weighted by atomic mass is 16.5. The summed E-state index contributed by atoms with van der Waals surface area (Å²) < 4.78 is 11.5. The number of anilines is 4. The standard InChI is InChI=1S/C50H57N7O5/c1-7-54(42-29-25-41(26-30-42)52-48-39(6)53-57(50(48)60)45-20-13-10-14-21-45)31-33-61-38(5)17-15-16-22-46(58)62-34-32-55(8-2)43-27-23-40(24-28-43)51-47-36(3)35-37(4)56(49(47)59)44-18-11-9-12-19-44/h9-14,18-21,23-30,35,37H,5,7-8,15-17,22,31-34H2,1-4,6H3. The molecule has 0 aromatic heterocycles. The van der Waals surface area contributed by atoms with Gasteiger partial charge in [-0.15, -0.1) is 0 Å². The SMILES string of the molecule is C=C(CCCCC(=O)OCCN(CC)c1ccc(N=C2C(=O)N(c3ccccc3)C(C)C=C2C)cc1)OCCN(CC)c1ccc(N=C2C(=O)N(c3ccccc3)N=C2C)cc1. The first-order valence-corrected chi connectivity index (χ1v) is 21.4. The zero-order valence-corrected chi connectivity index (χ0v) is 36.5. The Labute approximate surface area is 365 Å². The molecule has 4 aromatic rings. The molecule has 12 heteroatoms. The van der Waals surface area contributed by atoms with E-state index in [9.17, 15) is 14.4 Å². The smallest absolute Gasteiger partial charge is 0.305 e. The highest BCUT2D eigenvalue weighted by molar-refractivity contribution is 6.71. The molecule has 2 aliphatic rings. The van der Waals surface area contributed by atoms with Crippen LogP contribution < -0.4 is 19.7 Å². The zero-order chi connectivity index (χ0) is 44.0. The molecule has 0 saturated carbocycles. The van der Waals surface area contributed by atoms with Gasteiger partial charge in [0.2, 0.25) is 0 Å². The fourth-order valence-electron chi connectivity index (χ4n) is 7.41. The first kappa shape index (κ1) is 44.7. The molecule has 0 N–H and O–H groups in total. The Hall–Kier alpha value is -6.82. The number of likely N-dealkylation sites (N-methyl/N-ethyl adjacent to an activating group) is 2. The second-order valence-electron chi connectivity index (χ2n) is 15.2. The Bertz CT molecular complexity index is 2310. The molecular formula is C50H57N7O5. The Balaban J connectivity index is 0.870. The molecule has 2 amide bonds. The second kappa shape index (κ2) is 21.6. The van der Waals surface area contributed by atoms with Crippen molar-refractivity contribution >= 4 is 69.0 Å². The number of hydrogen-bond acceptors (Lipinski definition) is 10. The number of allylic oxidation sites excluding steroid dienone is 1. The lowest BCUT2D eigenvalue weighted by atomic mass is 10.0. The third kappa shape index (κ3) is 11.5. The molecule has 0 saturated heterocycles. The molecule has 4 aromatic carbocycles. The summed E-state index contributed by atoms with van der Waals surface area (Å²) in [4.78, 5) is 54.6. The largest absolute Gasteiger partial charge is 0.497 e. The van der Waals surface area contributed by atoms with Gasteiger partial charge in [-0.2, -0.15) is 10.1 Å². The summed E-state index contributed by atoms with van der Waals surface area (Å²) in [6.45, 7) is 17.5. The van der Waals surface area contributed by atoms with Crippen LogP contribution >= 0.6 is 0 Å².